The molecule has 1 saturated heterocycles. The van der Waals surface area contributed by atoms with Crippen LogP contribution in [-0.2, 0) is 0 Å². The van der Waals surface area contributed by atoms with Gasteiger partial charge in [0.15, 0.2) is 5.69 Å². The molecule has 1 atom stereocenters. The fourth-order valence-electron chi connectivity index (χ4n) is 3.87. The smallest absolute Gasteiger partial charge is 0.321 e. The molecule has 7 heteroatoms. The van der Waals surface area contributed by atoms with Gasteiger partial charge in [0.05, 0.1) is 5.69 Å². The molecular weight excluding hydrogens is 392 g/mol. The number of para-hydroxylation sites is 1. The van der Waals surface area contributed by atoms with Crippen LogP contribution in [0.1, 0.15) is 29.1 Å². The van der Waals surface area contributed by atoms with Gasteiger partial charge in [-0.1, -0.05) is 53.7 Å². The minimum atomic E-state index is -0.254. The number of piperidine rings is 1. The number of nitrogens with one attached hydrogen (secondary N) is 2. The lowest BCUT2D eigenvalue weighted by atomic mass is 9.98. The molecule has 0 spiro atoms. The van der Waals surface area contributed by atoms with E-state index in [-0.39, 0.29) is 23.6 Å². The molecule has 0 bridgehead atoms. The van der Waals surface area contributed by atoms with Gasteiger partial charge in [-0.25, -0.2) is 4.79 Å². The van der Waals surface area contributed by atoms with Crippen LogP contribution in [0, 0.1) is 12.8 Å². The molecule has 0 radical (unpaired) electrons. The van der Waals surface area contributed by atoms with Crippen molar-refractivity contribution >= 4 is 17.6 Å². The van der Waals surface area contributed by atoms with Gasteiger partial charge in [0.25, 0.3) is 5.91 Å². The summed E-state index contributed by atoms with van der Waals surface area (Å²) in [5.74, 6) is 0.539. The van der Waals surface area contributed by atoms with Crippen LogP contribution in [0.25, 0.3) is 11.1 Å². The first-order valence-corrected chi connectivity index (χ1v) is 10.5. The van der Waals surface area contributed by atoms with Crippen LogP contribution in [0.5, 0.6) is 0 Å². The van der Waals surface area contributed by atoms with Gasteiger partial charge in [0.1, 0.15) is 5.76 Å². The number of aromatic nitrogens is 1. The first-order valence-electron chi connectivity index (χ1n) is 10.5. The molecule has 0 saturated carbocycles. The molecule has 0 unspecified atom stereocenters. The molecule has 0 aliphatic carbocycles. The van der Waals surface area contributed by atoms with Crippen molar-refractivity contribution in [1.82, 2.24) is 15.4 Å². The largest absolute Gasteiger partial charge is 0.361 e. The number of urea groups is 1. The van der Waals surface area contributed by atoms with Gasteiger partial charge in [-0.15, -0.1) is 0 Å². The summed E-state index contributed by atoms with van der Waals surface area (Å²) in [6.07, 6.45) is 1.86. The quantitative estimate of drug-likeness (QED) is 0.646. The minimum Gasteiger partial charge on any atom is -0.361 e. The third-order valence-corrected chi connectivity index (χ3v) is 5.47. The predicted molar refractivity (Wildman–Crippen MR) is 119 cm³/mol. The molecule has 160 valence electrons. The zero-order valence-corrected chi connectivity index (χ0v) is 17.5. The second-order valence-electron chi connectivity index (χ2n) is 7.83. The molecule has 2 aromatic carbocycles. The van der Waals surface area contributed by atoms with Crippen molar-refractivity contribution in [1.29, 1.82) is 0 Å². The van der Waals surface area contributed by atoms with E-state index in [1.807, 2.05) is 59.5 Å². The Bertz CT molecular complexity index is 1050. The summed E-state index contributed by atoms with van der Waals surface area (Å²) >= 11 is 0. The van der Waals surface area contributed by atoms with Crippen LogP contribution >= 0.6 is 0 Å². The molecule has 7 nitrogen and oxygen atoms in total. The van der Waals surface area contributed by atoms with E-state index >= 15 is 0 Å². The highest BCUT2D eigenvalue weighted by Crippen LogP contribution is 2.28. The van der Waals surface area contributed by atoms with Gasteiger partial charge < -0.3 is 20.1 Å². The zero-order chi connectivity index (χ0) is 21.6. The maximum atomic E-state index is 13.0. The molecule has 1 aliphatic rings. The fraction of sp³-hybridized carbons (Fsp3) is 0.292. The highest BCUT2D eigenvalue weighted by Gasteiger charge is 2.25. The highest BCUT2D eigenvalue weighted by molar-refractivity contribution is 5.94. The van der Waals surface area contributed by atoms with Gasteiger partial charge in [-0.05, 0) is 37.3 Å². The molecule has 4 rings (SSSR count). The molecule has 1 aromatic heterocycles. The summed E-state index contributed by atoms with van der Waals surface area (Å²) in [5.41, 5.74) is 3.11. The van der Waals surface area contributed by atoms with E-state index in [0.717, 1.165) is 29.7 Å². The van der Waals surface area contributed by atoms with Crippen molar-refractivity contribution in [2.45, 2.75) is 19.8 Å². The van der Waals surface area contributed by atoms with Crippen molar-refractivity contribution in [2.75, 3.05) is 25.0 Å². The third kappa shape index (κ3) is 5.12. The lowest BCUT2D eigenvalue weighted by Crippen LogP contribution is -2.45. The molecular formula is C24H26N4O3. The van der Waals surface area contributed by atoms with Gasteiger partial charge in [0, 0.05) is 31.3 Å². The van der Waals surface area contributed by atoms with Crippen molar-refractivity contribution in [3.63, 3.8) is 0 Å². The number of anilines is 1. The maximum absolute atomic E-state index is 13.0. The Kier molecular flexibility index (Phi) is 6.31. The van der Waals surface area contributed by atoms with Gasteiger partial charge in [-0.3, -0.25) is 4.79 Å². The van der Waals surface area contributed by atoms with Crippen LogP contribution in [0.4, 0.5) is 10.5 Å². The summed E-state index contributed by atoms with van der Waals surface area (Å²) < 4.78 is 4.95. The molecule has 31 heavy (non-hydrogen) atoms. The fourth-order valence-corrected chi connectivity index (χ4v) is 3.87. The third-order valence-electron chi connectivity index (χ3n) is 5.47. The Morgan fingerprint density at radius 2 is 1.90 bits per heavy atom. The molecule has 2 heterocycles. The van der Waals surface area contributed by atoms with Crippen molar-refractivity contribution < 1.29 is 14.1 Å². The number of benzene rings is 2. The first-order chi connectivity index (χ1) is 15.1. The number of hydrogen-bond donors (Lipinski definition) is 2. The minimum absolute atomic E-state index is 0.119. The van der Waals surface area contributed by atoms with Crippen LogP contribution in [0.2, 0.25) is 0 Å². The summed E-state index contributed by atoms with van der Waals surface area (Å²) in [5, 5.41) is 9.71. The van der Waals surface area contributed by atoms with Crippen LogP contribution in [-0.4, -0.2) is 41.6 Å². The van der Waals surface area contributed by atoms with E-state index in [0.29, 0.717) is 25.4 Å². The number of aryl methyl sites for hydroxylation is 1. The number of amides is 3. The zero-order valence-electron chi connectivity index (χ0n) is 17.5. The van der Waals surface area contributed by atoms with Crippen molar-refractivity contribution in [3.05, 3.63) is 72.1 Å². The molecule has 3 aromatic rings. The lowest BCUT2D eigenvalue weighted by molar-refractivity contribution is 0.0929. The Morgan fingerprint density at radius 1 is 1.13 bits per heavy atom. The Balaban J connectivity index is 1.36. The van der Waals surface area contributed by atoms with E-state index in [2.05, 4.69) is 15.8 Å². The predicted octanol–water partition coefficient (Wildman–Crippen LogP) is 4.32. The average Bonchev–Trinajstić information content (AvgIpc) is 3.25. The maximum Gasteiger partial charge on any atom is 0.321 e. The monoisotopic (exact) mass is 418 g/mol. The Hall–Kier alpha value is -3.61. The second kappa shape index (κ2) is 9.47. The van der Waals surface area contributed by atoms with Crippen molar-refractivity contribution in [3.8, 4) is 11.1 Å². The van der Waals surface area contributed by atoms with Crippen LogP contribution in [0.3, 0.4) is 0 Å². The SMILES string of the molecule is Cc1cc(C(=O)NC[C@H]2CCCN(C(=O)Nc3ccccc3-c3ccccc3)C2)no1. The molecule has 1 aliphatic heterocycles. The van der Waals surface area contributed by atoms with Gasteiger partial charge in [0.2, 0.25) is 0 Å². The van der Waals surface area contributed by atoms with Crippen molar-refractivity contribution in [2.24, 2.45) is 5.92 Å². The Morgan fingerprint density at radius 3 is 2.68 bits per heavy atom. The topological polar surface area (TPSA) is 87.5 Å². The summed E-state index contributed by atoms with van der Waals surface area (Å²) in [6, 6.07) is 19.3. The van der Waals surface area contributed by atoms with E-state index in [9.17, 15) is 9.59 Å². The second-order valence-corrected chi connectivity index (χ2v) is 7.83. The molecule has 2 N–H and O–H groups in total. The number of hydrogen-bond acceptors (Lipinski definition) is 4. The number of rotatable bonds is 5. The standard InChI is InChI=1S/C24H26N4O3/c1-17-14-22(27-31-17)23(29)25-15-18-8-7-13-28(16-18)24(30)26-21-12-6-5-11-20(21)19-9-3-2-4-10-19/h2-6,9-12,14,18H,7-8,13,15-16H2,1H3,(H,25,29)(H,26,30)/t18-/m1/s1. The van der Waals surface area contributed by atoms with E-state index < -0.39 is 0 Å². The average molecular weight is 418 g/mol. The number of likely N-dealkylation sites (tertiary alicyclic amines) is 1. The summed E-state index contributed by atoms with van der Waals surface area (Å²) in [6.45, 7) is 3.54. The van der Waals surface area contributed by atoms with Gasteiger partial charge in [-0.2, -0.15) is 0 Å². The summed E-state index contributed by atoms with van der Waals surface area (Å²) in [7, 11) is 0. The normalized spacial score (nSPS) is 16.0. The molecule has 3 amide bonds. The molecule has 1 fully saturated rings. The van der Waals surface area contributed by atoms with Crippen LogP contribution < -0.4 is 10.6 Å². The first kappa shape index (κ1) is 20.7. The lowest BCUT2D eigenvalue weighted by Gasteiger charge is -2.33. The van der Waals surface area contributed by atoms with E-state index in [1.54, 1.807) is 13.0 Å². The summed E-state index contributed by atoms with van der Waals surface area (Å²) in [4.78, 5) is 27.0. The Labute approximate surface area is 181 Å². The number of carbonyl (C=O) groups excluding carboxylic acids is 2. The number of carbonyl (C=O) groups is 2. The van der Waals surface area contributed by atoms with Gasteiger partial charge >= 0.3 is 6.03 Å². The van der Waals surface area contributed by atoms with E-state index in [1.165, 1.54) is 0 Å². The highest BCUT2D eigenvalue weighted by atomic mass is 16.5. The van der Waals surface area contributed by atoms with E-state index in [4.69, 9.17) is 4.52 Å². The number of nitrogens with zero attached hydrogens (tertiary/aromatic N) is 2. The van der Waals surface area contributed by atoms with Crippen LogP contribution in [0.15, 0.2) is 65.2 Å².